The molecule has 0 unspecified atom stereocenters. The average molecular weight is 657 g/mol. The topological polar surface area (TPSA) is 100 Å². The van der Waals surface area contributed by atoms with Crippen LogP contribution in [0.1, 0.15) is 0 Å². The fraction of sp³-hybridized carbons (Fsp3) is 0. The molecule has 7 heterocycles. The van der Waals surface area contributed by atoms with Crippen molar-refractivity contribution in [2.24, 2.45) is 0 Å². The third kappa shape index (κ3) is 4.15. The Kier molecular flexibility index (Phi) is 5.76. The summed E-state index contributed by atoms with van der Waals surface area (Å²) in [6.07, 6.45) is 10.9. The van der Waals surface area contributed by atoms with Crippen molar-refractivity contribution in [3.8, 4) is 33.6 Å². The van der Waals surface area contributed by atoms with Crippen molar-refractivity contribution in [1.82, 2.24) is 39.3 Å². The lowest BCUT2D eigenvalue weighted by molar-refractivity contribution is 0.640. The van der Waals surface area contributed by atoms with Gasteiger partial charge in [-0.05, 0) is 59.7 Å². The molecule has 0 aliphatic heterocycles. The number of fused-ring (bicyclic) bond motifs is 9. The number of nitrogens with zero attached hydrogens (tertiary/aromatic N) is 8. The van der Waals surface area contributed by atoms with Gasteiger partial charge in [-0.3, -0.25) is 4.57 Å². The second kappa shape index (κ2) is 10.6. The van der Waals surface area contributed by atoms with Gasteiger partial charge in [0.05, 0.1) is 39.7 Å². The first-order valence-electron chi connectivity index (χ1n) is 16.6. The van der Waals surface area contributed by atoms with Crippen molar-refractivity contribution in [2.45, 2.75) is 0 Å². The van der Waals surface area contributed by atoms with Crippen LogP contribution < -0.4 is 0 Å². The molecule has 0 amide bonds. The number of aromatic nitrogens is 8. The molecule has 0 N–H and O–H groups in total. The van der Waals surface area contributed by atoms with Gasteiger partial charge in [0.15, 0.2) is 0 Å². The molecule has 7 aromatic heterocycles. The van der Waals surface area contributed by atoms with Crippen molar-refractivity contribution < 1.29 is 4.42 Å². The van der Waals surface area contributed by atoms with Crippen LogP contribution in [0.5, 0.6) is 0 Å². The van der Waals surface area contributed by atoms with Gasteiger partial charge in [0, 0.05) is 62.6 Å². The van der Waals surface area contributed by atoms with E-state index in [4.69, 9.17) is 14.4 Å². The molecule has 0 aliphatic carbocycles. The molecule has 0 saturated heterocycles. The first-order chi connectivity index (χ1) is 25.3. The minimum atomic E-state index is 0.549. The first-order valence-corrected chi connectivity index (χ1v) is 16.6. The number of furan rings is 1. The Morgan fingerprint density at radius 2 is 1.00 bits per heavy atom. The number of hydrogen-bond donors (Lipinski definition) is 0. The highest BCUT2D eigenvalue weighted by Gasteiger charge is 2.18. The van der Waals surface area contributed by atoms with Crippen molar-refractivity contribution in [1.29, 1.82) is 0 Å². The summed E-state index contributed by atoms with van der Waals surface area (Å²) in [6, 6.07) is 37.9. The van der Waals surface area contributed by atoms with Crippen LogP contribution in [-0.4, -0.2) is 39.3 Å². The summed E-state index contributed by atoms with van der Waals surface area (Å²) in [5, 5.41) is 14.5. The Labute approximate surface area is 289 Å². The summed E-state index contributed by atoms with van der Waals surface area (Å²) in [5.41, 5.74) is 11.2. The molecule has 0 atom stereocenters. The van der Waals surface area contributed by atoms with Crippen LogP contribution in [0.25, 0.3) is 99.6 Å². The van der Waals surface area contributed by atoms with Crippen LogP contribution in [0, 0.1) is 0 Å². The van der Waals surface area contributed by atoms with E-state index in [-0.39, 0.29) is 0 Å². The molecule has 0 radical (unpaired) electrons. The fourth-order valence-corrected chi connectivity index (χ4v) is 7.44. The Balaban J connectivity index is 1.07. The zero-order chi connectivity index (χ0) is 33.5. The Bertz CT molecular complexity index is 2930. The van der Waals surface area contributed by atoms with Gasteiger partial charge in [-0.2, -0.15) is 10.2 Å². The minimum Gasteiger partial charge on any atom is -0.419 e. The third-order valence-corrected chi connectivity index (χ3v) is 9.79. The molecule has 4 aromatic carbocycles. The van der Waals surface area contributed by atoms with Crippen LogP contribution in [0.2, 0.25) is 0 Å². The molecule has 0 aliphatic rings. The second-order valence-electron chi connectivity index (χ2n) is 12.6. The molecule has 9 heteroatoms. The monoisotopic (exact) mass is 656 g/mol. The maximum atomic E-state index is 6.15. The van der Waals surface area contributed by atoms with Crippen LogP contribution in [0.3, 0.4) is 0 Å². The standard InChI is InChI=1S/C42H24N8O/c1-3-7-29(8-4-1)49-37-17-25(11-13-31(37)35-22-47-48-23-39(35)49)27-15-33-34-16-28(20-45-42(34)51-41(33)44-19-27)26-12-14-32-36-21-43-24-46-40(36)50(38(32)18-26)30-9-5-2-6-10-30/h1-24H. The van der Waals surface area contributed by atoms with Crippen molar-refractivity contribution in [3.05, 3.63) is 147 Å². The van der Waals surface area contributed by atoms with Crippen molar-refractivity contribution in [2.75, 3.05) is 0 Å². The van der Waals surface area contributed by atoms with Gasteiger partial charge >= 0.3 is 0 Å². The highest BCUT2D eigenvalue weighted by Crippen LogP contribution is 2.38. The lowest BCUT2D eigenvalue weighted by Gasteiger charge is -2.08. The summed E-state index contributed by atoms with van der Waals surface area (Å²) in [4.78, 5) is 18.5. The maximum absolute atomic E-state index is 6.15. The lowest BCUT2D eigenvalue weighted by Crippen LogP contribution is -1.95. The van der Waals surface area contributed by atoms with E-state index in [2.05, 4.69) is 102 Å². The number of benzene rings is 4. The van der Waals surface area contributed by atoms with Crippen LogP contribution >= 0.6 is 0 Å². The first kappa shape index (κ1) is 27.7. The van der Waals surface area contributed by atoms with E-state index in [1.165, 1.54) is 0 Å². The highest BCUT2D eigenvalue weighted by molar-refractivity contribution is 6.11. The largest absolute Gasteiger partial charge is 0.419 e. The SMILES string of the molecule is c1ccc(-n2c3cnncc3c3ccc(-c4cnc5oc6ncc(-c7ccc8c9cncnc9n(-c9ccccc9)c8c7)cc6c5c4)cc32)cc1. The van der Waals surface area contributed by atoms with Crippen LogP contribution in [0.4, 0.5) is 0 Å². The average Bonchev–Trinajstić information content (AvgIpc) is 3.85. The summed E-state index contributed by atoms with van der Waals surface area (Å²) in [5.74, 6) is 0. The molecule has 0 spiro atoms. The smallest absolute Gasteiger partial charge is 0.229 e. The molecule has 238 valence electrons. The summed E-state index contributed by atoms with van der Waals surface area (Å²) in [7, 11) is 0. The van der Waals surface area contributed by atoms with E-state index in [1.807, 2.05) is 67.4 Å². The molecule has 0 bridgehead atoms. The summed E-state index contributed by atoms with van der Waals surface area (Å²) in [6.45, 7) is 0. The second-order valence-corrected chi connectivity index (χ2v) is 12.6. The predicted molar refractivity (Wildman–Crippen MR) is 200 cm³/mol. The Morgan fingerprint density at radius 1 is 0.412 bits per heavy atom. The van der Waals surface area contributed by atoms with Gasteiger partial charge in [0.25, 0.3) is 0 Å². The van der Waals surface area contributed by atoms with Gasteiger partial charge in [0.1, 0.15) is 12.0 Å². The molecule has 11 aromatic rings. The molecule has 0 saturated carbocycles. The zero-order valence-electron chi connectivity index (χ0n) is 26.8. The van der Waals surface area contributed by atoms with Gasteiger partial charge in [-0.15, -0.1) is 0 Å². The quantitative estimate of drug-likeness (QED) is 0.186. The number of hydrogen-bond acceptors (Lipinski definition) is 7. The summed E-state index contributed by atoms with van der Waals surface area (Å²) >= 11 is 0. The number of para-hydroxylation sites is 2. The minimum absolute atomic E-state index is 0.549. The van der Waals surface area contributed by atoms with E-state index >= 15 is 0 Å². The lowest BCUT2D eigenvalue weighted by atomic mass is 10.0. The van der Waals surface area contributed by atoms with E-state index in [0.717, 1.165) is 88.1 Å². The van der Waals surface area contributed by atoms with Gasteiger partial charge in [-0.25, -0.2) is 19.9 Å². The molecule has 51 heavy (non-hydrogen) atoms. The number of pyridine rings is 2. The molecule has 11 rings (SSSR count). The molecule has 0 fully saturated rings. The fourth-order valence-electron chi connectivity index (χ4n) is 7.44. The summed E-state index contributed by atoms with van der Waals surface area (Å²) < 4.78 is 10.6. The molecular formula is C42H24N8O. The number of rotatable bonds is 4. The predicted octanol–water partition coefficient (Wildman–Crippen LogP) is 9.48. The zero-order valence-corrected chi connectivity index (χ0v) is 26.8. The van der Waals surface area contributed by atoms with Crippen LogP contribution in [0.15, 0.2) is 151 Å². The molecule has 9 nitrogen and oxygen atoms in total. The van der Waals surface area contributed by atoms with Crippen molar-refractivity contribution in [3.63, 3.8) is 0 Å². The Hall–Kier alpha value is -7.26. The maximum Gasteiger partial charge on any atom is 0.229 e. The third-order valence-electron chi connectivity index (χ3n) is 9.79. The van der Waals surface area contributed by atoms with Gasteiger partial charge in [-0.1, -0.05) is 60.7 Å². The van der Waals surface area contributed by atoms with E-state index in [1.54, 1.807) is 6.33 Å². The normalized spacial score (nSPS) is 11.9. The highest BCUT2D eigenvalue weighted by atomic mass is 16.3. The van der Waals surface area contributed by atoms with Gasteiger partial charge < -0.3 is 8.98 Å². The van der Waals surface area contributed by atoms with E-state index in [0.29, 0.717) is 11.4 Å². The Morgan fingerprint density at radius 3 is 1.67 bits per heavy atom. The molecular weight excluding hydrogens is 633 g/mol. The van der Waals surface area contributed by atoms with E-state index in [9.17, 15) is 0 Å². The van der Waals surface area contributed by atoms with Crippen molar-refractivity contribution >= 4 is 65.9 Å². The van der Waals surface area contributed by atoms with Gasteiger partial charge in [0.2, 0.25) is 11.4 Å². The van der Waals surface area contributed by atoms with Crippen LogP contribution in [-0.2, 0) is 0 Å². The van der Waals surface area contributed by atoms with E-state index < -0.39 is 0 Å².